The zero-order valence-electron chi connectivity index (χ0n) is 10.1. The van der Waals surface area contributed by atoms with Gasteiger partial charge in [-0.2, -0.15) is 0 Å². The minimum atomic E-state index is -0.114. The van der Waals surface area contributed by atoms with Crippen LogP contribution in [0.5, 0.6) is 0 Å². The van der Waals surface area contributed by atoms with Crippen molar-refractivity contribution in [2.24, 2.45) is 5.92 Å². The molecule has 1 aliphatic carbocycles. The van der Waals surface area contributed by atoms with Gasteiger partial charge in [-0.25, -0.2) is 0 Å². The Hall–Kier alpha value is -1.29. The van der Waals surface area contributed by atoms with Gasteiger partial charge in [0.15, 0.2) is 0 Å². The van der Waals surface area contributed by atoms with Crippen molar-refractivity contribution in [3.8, 4) is 0 Å². The molecule has 1 saturated carbocycles. The highest BCUT2D eigenvalue weighted by Gasteiger charge is 2.32. The van der Waals surface area contributed by atoms with E-state index in [-0.39, 0.29) is 12.0 Å². The molecular weight excluding hydrogens is 218 g/mol. The van der Waals surface area contributed by atoms with Crippen LogP contribution >= 0.6 is 0 Å². The van der Waals surface area contributed by atoms with Crippen molar-refractivity contribution < 1.29 is 13.9 Å². The average molecular weight is 237 g/mol. The van der Waals surface area contributed by atoms with Crippen LogP contribution in [0.1, 0.15) is 31.9 Å². The molecule has 94 valence electrons. The van der Waals surface area contributed by atoms with Gasteiger partial charge < -0.3 is 14.5 Å². The Kier molecular flexibility index (Phi) is 4.20. The molecule has 1 aromatic heterocycles. The van der Waals surface area contributed by atoms with Gasteiger partial charge in [-0.1, -0.05) is 0 Å². The Morgan fingerprint density at radius 3 is 3.06 bits per heavy atom. The molecule has 1 unspecified atom stereocenters. The molecule has 1 atom stereocenters. The van der Waals surface area contributed by atoms with Crippen LogP contribution < -0.4 is 5.32 Å². The van der Waals surface area contributed by atoms with Crippen molar-refractivity contribution >= 4 is 5.97 Å². The molecule has 0 bridgehead atoms. The minimum Gasteiger partial charge on any atom is -0.468 e. The summed E-state index contributed by atoms with van der Waals surface area (Å²) in [7, 11) is 0. The van der Waals surface area contributed by atoms with Gasteiger partial charge in [-0.15, -0.1) is 0 Å². The standard InChI is InChI=1S/C13H19NO3/c1-2-16-13(15)8-12(10-5-6-10)14-9-11-4-3-7-17-11/h3-4,7,10,12,14H,2,5-6,8-9H2,1H3. The topological polar surface area (TPSA) is 51.5 Å². The van der Waals surface area contributed by atoms with E-state index in [2.05, 4.69) is 5.32 Å². The van der Waals surface area contributed by atoms with E-state index in [1.54, 1.807) is 6.26 Å². The predicted octanol–water partition coefficient (Wildman–Crippen LogP) is 2.10. The number of esters is 1. The second-order valence-electron chi connectivity index (χ2n) is 4.41. The lowest BCUT2D eigenvalue weighted by atomic mass is 10.1. The third-order valence-electron chi connectivity index (χ3n) is 3.00. The highest BCUT2D eigenvalue weighted by Crippen LogP contribution is 2.34. The molecule has 4 heteroatoms. The molecule has 4 nitrogen and oxygen atoms in total. The highest BCUT2D eigenvalue weighted by molar-refractivity contribution is 5.70. The second-order valence-corrected chi connectivity index (χ2v) is 4.41. The average Bonchev–Trinajstić information content (AvgIpc) is 3.02. The number of hydrogen-bond acceptors (Lipinski definition) is 4. The molecule has 1 aliphatic rings. The fraction of sp³-hybridized carbons (Fsp3) is 0.615. The summed E-state index contributed by atoms with van der Waals surface area (Å²) in [5, 5.41) is 3.38. The maximum Gasteiger partial charge on any atom is 0.307 e. The molecule has 1 heterocycles. The van der Waals surface area contributed by atoms with Crippen molar-refractivity contribution in [1.82, 2.24) is 5.32 Å². The second kappa shape index (κ2) is 5.87. The van der Waals surface area contributed by atoms with Crippen molar-refractivity contribution in [2.75, 3.05) is 6.61 Å². The van der Waals surface area contributed by atoms with Gasteiger partial charge in [0.05, 0.1) is 25.8 Å². The lowest BCUT2D eigenvalue weighted by molar-refractivity contribution is -0.143. The van der Waals surface area contributed by atoms with Gasteiger partial charge in [0.2, 0.25) is 0 Å². The summed E-state index contributed by atoms with van der Waals surface area (Å²) in [4.78, 5) is 11.5. The Bertz CT molecular complexity index is 344. The van der Waals surface area contributed by atoms with Crippen LogP contribution in [0.15, 0.2) is 22.8 Å². The third-order valence-corrected chi connectivity index (χ3v) is 3.00. The van der Waals surface area contributed by atoms with Crippen molar-refractivity contribution in [3.05, 3.63) is 24.2 Å². The lowest BCUT2D eigenvalue weighted by Gasteiger charge is -2.16. The van der Waals surface area contributed by atoms with Crippen molar-refractivity contribution in [3.63, 3.8) is 0 Å². The SMILES string of the molecule is CCOC(=O)CC(NCc1ccco1)C1CC1. The first kappa shape index (κ1) is 12.2. The molecule has 0 spiro atoms. The van der Waals surface area contributed by atoms with E-state index in [4.69, 9.17) is 9.15 Å². The molecule has 0 aliphatic heterocycles. The Morgan fingerprint density at radius 1 is 1.65 bits per heavy atom. The maximum atomic E-state index is 11.5. The Balaban J connectivity index is 1.78. The summed E-state index contributed by atoms with van der Waals surface area (Å²) in [5.74, 6) is 1.41. The van der Waals surface area contributed by atoms with Gasteiger partial charge in [-0.05, 0) is 37.8 Å². The zero-order valence-corrected chi connectivity index (χ0v) is 10.1. The lowest BCUT2D eigenvalue weighted by Crippen LogP contribution is -2.33. The summed E-state index contributed by atoms with van der Waals surface area (Å²) in [6.07, 6.45) is 4.53. The number of nitrogens with one attached hydrogen (secondary N) is 1. The summed E-state index contributed by atoms with van der Waals surface area (Å²) >= 11 is 0. The van der Waals surface area contributed by atoms with Crippen molar-refractivity contribution in [1.29, 1.82) is 0 Å². The van der Waals surface area contributed by atoms with Gasteiger partial charge in [0.25, 0.3) is 0 Å². The minimum absolute atomic E-state index is 0.114. The van der Waals surface area contributed by atoms with Gasteiger partial charge in [0, 0.05) is 6.04 Å². The molecule has 0 saturated heterocycles. The number of hydrogen-bond donors (Lipinski definition) is 1. The first-order valence-electron chi connectivity index (χ1n) is 6.21. The van der Waals surface area contributed by atoms with Gasteiger partial charge in [-0.3, -0.25) is 4.79 Å². The van der Waals surface area contributed by atoms with E-state index in [9.17, 15) is 4.79 Å². The van der Waals surface area contributed by atoms with Crippen LogP contribution in [0.25, 0.3) is 0 Å². The van der Waals surface area contributed by atoms with Crippen LogP contribution in [0.2, 0.25) is 0 Å². The normalized spacial score (nSPS) is 16.8. The fourth-order valence-electron chi connectivity index (χ4n) is 1.95. The molecule has 1 N–H and O–H groups in total. The van der Waals surface area contributed by atoms with E-state index in [0.717, 1.165) is 5.76 Å². The van der Waals surface area contributed by atoms with E-state index in [0.29, 0.717) is 25.5 Å². The van der Waals surface area contributed by atoms with Crippen LogP contribution in [-0.4, -0.2) is 18.6 Å². The molecule has 0 radical (unpaired) electrons. The monoisotopic (exact) mass is 237 g/mol. The van der Waals surface area contributed by atoms with E-state index in [1.807, 2.05) is 19.1 Å². The number of furan rings is 1. The summed E-state index contributed by atoms with van der Waals surface area (Å²) in [6, 6.07) is 4.02. The quantitative estimate of drug-likeness (QED) is 0.738. The molecular formula is C13H19NO3. The van der Waals surface area contributed by atoms with Gasteiger partial charge >= 0.3 is 5.97 Å². The molecule has 17 heavy (non-hydrogen) atoms. The van der Waals surface area contributed by atoms with E-state index in [1.165, 1.54) is 12.8 Å². The van der Waals surface area contributed by atoms with Crippen molar-refractivity contribution in [2.45, 2.75) is 38.8 Å². The first-order chi connectivity index (χ1) is 8.29. The number of carbonyl (C=O) groups excluding carboxylic acids is 1. The van der Waals surface area contributed by atoms with Crippen LogP contribution in [-0.2, 0) is 16.1 Å². The molecule has 2 rings (SSSR count). The fourth-order valence-corrected chi connectivity index (χ4v) is 1.95. The summed E-state index contributed by atoms with van der Waals surface area (Å²) in [5.41, 5.74) is 0. The van der Waals surface area contributed by atoms with Crippen LogP contribution in [0, 0.1) is 5.92 Å². The summed E-state index contributed by atoms with van der Waals surface area (Å²) in [6.45, 7) is 2.96. The van der Waals surface area contributed by atoms with Gasteiger partial charge in [0.1, 0.15) is 5.76 Å². The number of rotatable bonds is 7. The third kappa shape index (κ3) is 3.89. The highest BCUT2D eigenvalue weighted by atomic mass is 16.5. The molecule has 0 aromatic carbocycles. The maximum absolute atomic E-state index is 11.5. The van der Waals surface area contributed by atoms with E-state index < -0.39 is 0 Å². The van der Waals surface area contributed by atoms with E-state index >= 15 is 0 Å². The predicted molar refractivity (Wildman–Crippen MR) is 63.3 cm³/mol. The largest absolute Gasteiger partial charge is 0.468 e. The number of carbonyl (C=O) groups is 1. The Labute approximate surface area is 101 Å². The molecule has 0 amide bonds. The Morgan fingerprint density at radius 2 is 2.47 bits per heavy atom. The first-order valence-corrected chi connectivity index (χ1v) is 6.21. The smallest absolute Gasteiger partial charge is 0.307 e. The number of ether oxygens (including phenoxy) is 1. The van der Waals surface area contributed by atoms with Crippen LogP contribution in [0.4, 0.5) is 0 Å². The van der Waals surface area contributed by atoms with Crippen LogP contribution in [0.3, 0.4) is 0 Å². The molecule has 1 fully saturated rings. The summed E-state index contributed by atoms with van der Waals surface area (Å²) < 4.78 is 10.2. The zero-order chi connectivity index (χ0) is 12.1. The molecule has 1 aromatic rings.